The number of carbonyl (C=O) groups is 1. The van der Waals surface area contributed by atoms with Crippen LogP contribution in [0.2, 0.25) is 0 Å². The summed E-state index contributed by atoms with van der Waals surface area (Å²) in [7, 11) is 1.63. The molecule has 132 valence electrons. The predicted molar refractivity (Wildman–Crippen MR) is 100 cm³/mol. The number of benzene rings is 2. The highest BCUT2D eigenvalue weighted by molar-refractivity contribution is 7.99. The molecule has 0 atom stereocenters. The molecule has 0 saturated carbocycles. The highest BCUT2D eigenvalue weighted by Crippen LogP contribution is 2.20. The van der Waals surface area contributed by atoms with Crippen LogP contribution in [0.15, 0.2) is 66.1 Å². The molecule has 0 N–H and O–H groups in total. The largest absolute Gasteiger partial charge is 0.497 e. The van der Waals surface area contributed by atoms with Crippen LogP contribution in [0.4, 0.5) is 4.39 Å². The summed E-state index contributed by atoms with van der Waals surface area (Å²) >= 11 is 1.55. The zero-order valence-electron chi connectivity index (χ0n) is 14.3. The van der Waals surface area contributed by atoms with Crippen molar-refractivity contribution in [2.75, 3.05) is 19.4 Å². The summed E-state index contributed by atoms with van der Waals surface area (Å²) in [5.41, 5.74) is 1.04. The Balaban J connectivity index is 1.87. The van der Waals surface area contributed by atoms with Gasteiger partial charge in [-0.3, -0.25) is 4.79 Å². The fourth-order valence-electron chi connectivity index (χ4n) is 2.31. The fraction of sp³-hybridized carbons (Fsp3) is 0.250. The minimum absolute atomic E-state index is 0.0744. The maximum atomic E-state index is 12.9. The second-order valence-corrected chi connectivity index (χ2v) is 6.63. The first-order chi connectivity index (χ1) is 12.1. The maximum Gasteiger partial charge on any atom is 0.223 e. The van der Waals surface area contributed by atoms with E-state index in [9.17, 15) is 9.18 Å². The Morgan fingerprint density at radius 1 is 1.20 bits per heavy atom. The molecule has 0 aliphatic heterocycles. The summed E-state index contributed by atoms with van der Waals surface area (Å²) in [6, 6.07) is 14.0. The van der Waals surface area contributed by atoms with Crippen LogP contribution >= 0.6 is 11.8 Å². The van der Waals surface area contributed by atoms with Crippen LogP contribution in [0.3, 0.4) is 0 Å². The molecule has 5 heteroatoms. The highest BCUT2D eigenvalue weighted by Gasteiger charge is 2.13. The molecule has 0 heterocycles. The molecular weight excluding hydrogens is 337 g/mol. The van der Waals surface area contributed by atoms with E-state index in [0.29, 0.717) is 25.3 Å². The molecule has 0 unspecified atom stereocenters. The molecule has 3 nitrogen and oxygen atoms in total. The Kier molecular flexibility index (Phi) is 7.54. The average Bonchev–Trinajstić information content (AvgIpc) is 2.63. The van der Waals surface area contributed by atoms with Crippen LogP contribution in [0.25, 0.3) is 0 Å². The van der Waals surface area contributed by atoms with Gasteiger partial charge in [-0.05, 0) is 42.0 Å². The van der Waals surface area contributed by atoms with Gasteiger partial charge < -0.3 is 9.64 Å². The van der Waals surface area contributed by atoms with Gasteiger partial charge in [-0.15, -0.1) is 18.3 Å². The molecule has 2 aromatic rings. The molecule has 0 aliphatic rings. The van der Waals surface area contributed by atoms with Crippen LogP contribution < -0.4 is 4.74 Å². The van der Waals surface area contributed by atoms with Crippen molar-refractivity contribution >= 4 is 17.7 Å². The Bertz CT molecular complexity index is 686. The van der Waals surface area contributed by atoms with Gasteiger partial charge in [-0.1, -0.05) is 18.2 Å². The van der Waals surface area contributed by atoms with E-state index in [1.165, 1.54) is 12.1 Å². The van der Waals surface area contributed by atoms with Gasteiger partial charge in [0.1, 0.15) is 11.6 Å². The van der Waals surface area contributed by atoms with E-state index in [1.54, 1.807) is 42.0 Å². The number of amides is 1. The molecular formula is C20H22FNO2S. The first-order valence-corrected chi connectivity index (χ1v) is 9.01. The highest BCUT2D eigenvalue weighted by atomic mass is 32.2. The second-order valence-electron chi connectivity index (χ2n) is 5.46. The zero-order valence-corrected chi connectivity index (χ0v) is 15.1. The smallest absolute Gasteiger partial charge is 0.223 e. The fourth-order valence-corrected chi connectivity index (χ4v) is 3.15. The number of halogens is 1. The van der Waals surface area contributed by atoms with Crippen LogP contribution in [-0.4, -0.2) is 30.2 Å². The molecule has 1 amide bonds. The first kappa shape index (κ1) is 19.1. The van der Waals surface area contributed by atoms with Gasteiger partial charge in [0.2, 0.25) is 5.91 Å². The van der Waals surface area contributed by atoms with E-state index in [2.05, 4.69) is 6.58 Å². The molecule has 2 rings (SSSR count). The Hall–Kier alpha value is -2.27. The van der Waals surface area contributed by atoms with Gasteiger partial charge in [0.05, 0.1) is 7.11 Å². The van der Waals surface area contributed by atoms with Gasteiger partial charge in [-0.25, -0.2) is 4.39 Å². The molecule has 0 radical (unpaired) electrons. The third-order valence-corrected chi connectivity index (χ3v) is 4.65. The lowest BCUT2D eigenvalue weighted by Gasteiger charge is -2.21. The Labute approximate surface area is 152 Å². The molecule has 0 spiro atoms. The zero-order chi connectivity index (χ0) is 18.1. The van der Waals surface area contributed by atoms with Gasteiger partial charge in [0, 0.05) is 30.2 Å². The van der Waals surface area contributed by atoms with E-state index in [1.807, 2.05) is 24.3 Å². The molecule has 0 fully saturated rings. The number of nitrogens with zero attached hydrogens (tertiary/aromatic N) is 1. The summed E-state index contributed by atoms with van der Waals surface area (Å²) in [6.45, 7) is 4.78. The first-order valence-electron chi connectivity index (χ1n) is 8.02. The SMILES string of the molecule is C=CCN(Cc1ccc(OC)cc1)C(=O)CCSc1ccc(F)cc1. The third kappa shape index (κ3) is 6.27. The molecule has 25 heavy (non-hydrogen) atoms. The summed E-state index contributed by atoms with van der Waals surface area (Å²) in [5, 5.41) is 0. The molecule has 0 aromatic heterocycles. The minimum atomic E-state index is -0.253. The van der Waals surface area contributed by atoms with Crippen molar-refractivity contribution < 1.29 is 13.9 Å². The number of methoxy groups -OCH3 is 1. The Morgan fingerprint density at radius 3 is 2.48 bits per heavy atom. The van der Waals surface area contributed by atoms with Gasteiger partial charge in [-0.2, -0.15) is 0 Å². The van der Waals surface area contributed by atoms with Crippen LogP contribution in [-0.2, 0) is 11.3 Å². The van der Waals surface area contributed by atoms with Crippen molar-refractivity contribution in [2.45, 2.75) is 17.9 Å². The number of ether oxygens (including phenoxy) is 1. The second kappa shape index (κ2) is 9.89. The van der Waals surface area contributed by atoms with Crippen LogP contribution in [0, 0.1) is 5.82 Å². The number of carbonyl (C=O) groups excluding carboxylic acids is 1. The number of thioether (sulfide) groups is 1. The van der Waals surface area contributed by atoms with Crippen molar-refractivity contribution in [3.8, 4) is 5.75 Å². The van der Waals surface area contributed by atoms with E-state index in [-0.39, 0.29) is 11.7 Å². The number of rotatable bonds is 9. The topological polar surface area (TPSA) is 29.5 Å². The van der Waals surface area contributed by atoms with Crippen LogP contribution in [0.5, 0.6) is 5.75 Å². The van der Waals surface area contributed by atoms with Crippen molar-refractivity contribution in [2.24, 2.45) is 0 Å². The molecule has 0 aliphatic carbocycles. The average molecular weight is 359 g/mol. The predicted octanol–water partition coefficient (Wildman–Crippen LogP) is 4.53. The molecule has 2 aromatic carbocycles. The van der Waals surface area contributed by atoms with Crippen molar-refractivity contribution in [3.05, 3.63) is 72.6 Å². The van der Waals surface area contributed by atoms with Crippen molar-refractivity contribution in [1.82, 2.24) is 4.90 Å². The monoisotopic (exact) mass is 359 g/mol. The van der Waals surface area contributed by atoms with E-state index in [0.717, 1.165) is 16.2 Å². The summed E-state index contributed by atoms with van der Waals surface area (Å²) in [4.78, 5) is 15.2. The maximum absolute atomic E-state index is 12.9. The number of hydrogen-bond donors (Lipinski definition) is 0. The summed E-state index contributed by atoms with van der Waals surface area (Å²) < 4.78 is 18.0. The standard InChI is InChI=1S/C20H22FNO2S/c1-3-13-22(15-16-4-8-18(24-2)9-5-16)20(23)12-14-25-19-10-6-17(21)7-11-19/h3-11H,1,12-15H2,2H3. The summed E-state index contributed by atoms with van der Waals surface area (Å²) in [5.74, 6) is 1.27. The van der Waals surface area contributed by atoms with Crippen molar-refractivity contribution in [3.63, 3.8) is 0 Å². The third-order valence-electron chi connectivity index (χ3n) is 3.63. The van der Waals surface area contributed by atoms with Crippen LogP contribution in [0.1, 0.15) is 12.0 Å². The van der Waals surface area contributed by atoms with E-state index < -0.39 is 0 Å². The quantitative estimate of drug-likeness (QED) is 0.487. The Morgan fingerprint density at radius 2 is 1.88 bits per heavy atom. The number of hydrogen-bond acceptors (Lipinski definition) is 3. The van der Waals surface area contributed by atoms with Gasteiger partial charge in [0.25, 0.3) is 0 Å². The van der Waals surface area contributed by atoms with Gasteiger partial charge in [0.15, 0.2) is 0 Å². The lowest BCUT2D eigenvalue weighted by molar-refractivity contribution is -0.130. The molecule has 0 saturated heterocycles. The lowest BCUT2D eigenvalue weighted by atomic mass is 10.2. The van der Waals surface area contributed by atoms with E-state index >= 15 is 0 Å². The van der Waals surface area contributed by atoms with Crippen molar-refractivity contribution in [1.29, 1.82) is 0 Å². The normalized spacial score (nSPS) is 10.3. The lowest BCUT2D eigenvalue weighted by Crippen LogP contribution is -2.30. The molecule has 0 bridgehead atoms. The summed E-state index contributed by atoms with van der Waals surface area (Å²) in [6.07, 6.45) is 2.15. The van der Waals surface area contributed by atoms with Gasteiger partial charge >= 0.3 is 0 Å². The van der Waals surface area contributed by atoms with E-state index in [4.69, 9.17) is 4.74 Å². The minimum Gasteiger partial charge on any atom is -0.497 e.